The molecule has 29 heavy (non-hydrogen) atoms. The van der Waals surface area contributed by atoms with Crippen molar-refractivity contribution in [1.82, 2.24) is 0 Å². The fraction of sp³-hybridized carbons (Fsp3) is 0.815. The molecule has 0 bridgehead atoms. The quantitative estimate of drug-likeness (QED) is 0.575. The van der Waals surface area contributed by atoms with E-state index in [1.807, 2.05) is 13.8 Å². The van der Waals surface area contributed by atoms with E-state index in [0.717, 1.165) is 43.9 Å². The lowest BCUT2D eigenvalue weighted by Crippen LogP contribution is -2.46. The number of hydrogen-bond acceptors (Lipinski definition) is 2. The molecule has 0 aliphatic heterocycles. The molecular weight excluding hydrogens is 356 g/mol. The van der Waals surface area contributed by atoms with Gasteiger partial charge in [-0.3, -0.25) is 4.79 Å². The Morgan fingerprint density at radius 1 is 1.07 bits per heavy atom. The summed E-state index contributed by atoms with van der Waals surface area (Å²) in [6, 6.07) is 0. The zero-order chi connectivity index (χ0) is 21.0. The molecule has 0 unspecified atom stereocenters. The molecule has 7 atom stereocenters. The number of carbonyl (C=O) groups excluding carboxylic acids is 1. The van der Waals surface area contributed by atoms with Crippen LogP contribution in [0.4, 0.5) is 0 Å². The van der Waals surface area contributed by atoms with Crippen molar-refractivity contribution in [2.24, 2.45) is 40.4 Å². The highest BCUT2D eigenvalue weighted by Crippen LogP contribution is 2.66. The van der Waals surface area contributed by atoms with Crippen LogP contribution in [0.3, 0.4) is 0 Å². The average Bonchev–Trinajstić information content (AvgIpc) is 3.03. The van der Waals surface area contributed by atoms with Crippen LogP contribution in [0.25, 0.3) is 0 Å². The van der Waals surface area contributed by atoms with Crippen LogP contribution < -0.4 is 0 Å². The lowest BCUT2D eigenvalue weighted by atomic mass is 9.50. The smallest absolute Gasteiger partial charge is 0.135 e. The maximum absolute atomic E-state index is 12.2. The summed E-state index contributed by atoms with van der Waals surface area (Å²) in [5, 5.41) is 10.2. The van der Waals surface area contributed by atoms with E-state index in [-0.39, 0.29) is 17.4 Å². The lowest BCUT2D eigenvalue weighted by Gasteiger charge is -2.55. The molecule has 0 spiro atoms. The van der Waals surface area contributed by atoms with Gasteiger partial charge in [-0.05, 0) is 85.9 Å². The molecule has 3 fully saturated rings. The Kier molecular flexibility index (Phi) is 5.64. The van der Waals surface area contributed by atoms with Crippen LogP contribution in [0, 0.1) is 40.4 Å². The maximum atomic E-state index is 12.2. The highest BCUT2D eigenvalue weighted by atomic mass is 16.3. The van der Waals surface area contributed by atoms with Gasteiger partial charge in [0.2, 0.25) is 0 Å². The first kappa shape index (κ1) is 21.3. The summed E-state index contributed by atoms with van der Waals surface area (Å²) in [4.78, 5) is 12.2. The summed E-state index contributed by atoms with van der Waals surface area (Å²) in [5.41, 5.74) is 3.91. The number of aliphatic hydroxyl groups is 1. The van der Waals surface area contributed by atoms with E-state index in [9.17, 15) is 9.90 Å². The van der Waals surface area contributed by atoms with Crippen molar-refractivity contribution >= 4 is 5.78 Å². The highest BCUT2D eigenvalue weighted by Gasteiger charge is 2.56. The summed E-state index contributed by atoms with van der Waals surface area (Å²) in [6.45, 7) is 11.5. The van der Waals surface area contributed by atoms with Gasteiger partial charge in [0.1, 0.15) is 5.78 Å². The largest absolute Gasteiger partial charge is 0.393 e. The van der Waals surface area contributed by atoms with Crippen LogP contribution in [0.2, 0.25) is 0 Å². The molecule has 0 aromatic carbocycles. The summed E-state index contributed by atoms with van der Waals surface area (Å²) in [7, 11) is 0. The highest BCUT2D eigenvalue weighted by molar-refractivity contribution is 5.80. The summed E-state index contributed by atoms with van der Waals surface area (Å²) in [5.74, 6) is 3.40. The second-order valence-electron chi connectivity index (χ2n) is 11.6. The number of allylic oxidation sites excluding steroid dienone is 3. The standard InChI is InChI=1S/C27H42O2/c1-17(2)25(29)11-6-18(3)22-9-10-23-21-8-7-19-16-20(28)12-14-26(19,4)24(21)13-15-27(22,23)5/h7-8,17-18,20,22-24,28H,6,9-16H2,1-5H3/t18-,20+,22-,23+,24+,26+,27-/m1/s1. The Morgan fingerprint density at radius 3 is 2.55 bits per heavy atom. The van der Waals surface area contributed by atoms with Gasteiger partial charge in [-0.25, -0.2) is 0 Å². The molecule has 162 valence electrons. The molecule has 0 heterocycles. The molecule has 1 N–H and O–H groups in total. The van der Waals surface area contributed by atoms with E-state index in [1.165, 1.54) is 31.3 Å². The molecule has 4 aliphatic carbocycles. The van der Waals surface area contributed by atoms with Crippen LogP contribution in [0.5, 0.6) is 0 Å². The molecular formula is C27H42O2. The minimum atomic E-state index is -0.136. The first-order valence-electron chi connectivity index (χ1n) is 12.3. The topological polar surface area (TPSA) is 37.3 Å². The molecule has 0 saturated heterocycles. The third-order valence-electron chi connectivity index (χ3n) is 9.79. The third kappa shape index (κ3) is 3.48. The number of carbonyl (C=O) groups is 1. The van der Waals surface area contributed by atoms with Crippen LogP contribution >= 0.6 is 0 Å². The molecule has 2 heteroatoms. The van der Waals surface area contributed by atoms with Crippen molar-refractivity contribution in [3.05, 3.63) is 23.3 Å². The second-order valence-corrected chi connectivity index (χ2v) is 11.6. The SMILES string of the molecule is CC(C)C(=O)CC[C@@H](C)[C@H]1CC[C@H]2C3=CC=C4C[C@@H](O)CC[C@]4(C)[C@H]3CC[C@]12C. The number of fused-ring (bicyclic) bond motifs is 5. The van der Waals surface area contributed by atoms with Gasteiger partial charge >= 0.3 is 0 Å². The van der Waals surface area contributed by atoms with E-state index in [2.05, 4.69) is 32.9 Å². The fourth-order valence-electron chi connectivity index (χ4n) is 7.82. The predicted molar refractivity (Wildman–Crippen MR) is 119 cm³/mol. The van der Waals surface area contributed by atoms with Crippen LogP contribution in [-0.4, -0.2) is 17.0 Å². The number of Topliss-reactive ketones (excluding diaryl/α,β-unsaturated/α-hetero) is 1. The normalized spacial score (nSPS) is 42.4. The Labute approximate surface area is 178 Å². The van der Waals surface area contributed by atoms with Crippen LogP contribution in [0.15, 0.2) is 23.3 Å². The monoisotopic (exact) mass is 398 g/mol. The lowest BCUT2D eigenvalue weighted by molar-refractivity contribution is -0.122. The molecule has 3 saturated carbocycles. The van der Waals surface area contributed by atoms with Crippen molar-refractivity contribution in [3.63, 3.8) is 0 Å². The minimum Gasteiger partial charge on any atom is -0.393 e. The van der Waals surface area contributed by atoms with E-state index in [0.29, 0.717) is 23.0 Å². The van der Waals surface area contributed by atoms with Gasteiger partial charge in [0.05, 0.1) is 6.10 Å². The number of ketones is 1. The molecule has 0 aromatic heterocycles. The van der Waals surface area contributed by atoms with Gasteiger partial charge in [-0.1, -0.05) is 57.9 Å². The molecule has 0 amide bonds. The second kappa shape index (κ2) is 7.66. The van der Waals surface area contributed by atoms with E-state index >= 15 is 0 Å². The summed E-state index contributed by atoms with van der Waals surface area (Å²) < 4.78 is 0. The van der Waals surface area contributed by atoms with Crippen molar-refractivity contribution < 1.29 is 9.90 Å². The Balaban J connectivity index is 1.53. The fourth-order valence-corrected chi connectivity index (χ4v) is 7.82. The third-order valence-corrected chi connectivity index (χ3v) is 9.79. The Hall–Kier alpha value is -0.890. The molecule has 2 nitrogen and oxygen atoms in total. The van der Waals surface area contributed by atoms with E-state index < -0.39 is 0 Å². The maximum Gasteiger partial charge on any atom is 0.135 e. The zero-order valence-corrected chi connectivity index (χ0v) is 19.3. The van der Waals surface area contributed by atoms with Crippen LogP contribution in [-0.2, 0) is 4.79 Å². The van der Waals surface area contributed by atoms with Gasteiger partial charge in [0, 0.05) is 12.3 Å². The zero-order valence-electron chi connectivity index (χ0n) is 19.3. The van der Waals surface area contributed by atoms with Crippen molar-refractivity contribution in [3.8, 4) is 0 Å². The number of hydrogen-bond donors (Lipinski definition) is 1. The molecule has 0 radical (unpaired) electrons. The van der Waals surface area contributed by atoms with Gasteiger partial charge in [0.15, 0.2) is 0 Å². The number of aliphatic hydroxyl groups excluding tert-OH is 1. The molecule has 0 aromatic rings. The number of rotatable bonds is 5. The minimum absolute atomic E-state index is 0.136. The molecule has 4 rings (SSSR count). The van der Waals surface area contributed by atoms with Gasteiger partial charge in [-0.15, -0.1) is 0 Å². The van der Waals surface area contributed by atoms with E-state index in [1.54, 1.807) is 5.57 Å². The van der Waals surface area contributed by atoms with Crippen LogP contribution in [0.1, 0.15) is 92.4 Å². The van der Waals surface area contributed by atoms with Gasteiger partial charge in [0.25, 0.3) is 0 Å². The Morgan fingerprint density at radius 2 is 1.83 bits per heavy atom. The first-order valence-corrected chi connectivity index (χ1v) is 12.3. The van der Waals surface area contributed by atoms with Gasteiger partial charge in [-0.2, -0.15) is 0 Å². The van der Waals surface area contributed by atoms with Gasteiger partial charge < -0.3 is 5.11 Å². The summed E-state index contributed by atoms with van der Waals surface area (Å²) in [6.07, 6.45) is 14.8. The average molecular weight is 399 g/mol. The predicted octanol–water partition coefficient (Wildman–Crippen LogP) is 6.49. The molecule has 4 aliphatic rings. The van der Waals surface area contributed by atoms with Crippen molar-refractivity contribution in [1.29, 1.82) is 0 Å². The first-order chi connectivity index (χ1) is 13.7. The summed E-state index contributed by atoms with van der Waals surface area (Å²) >= 11 is 0. The van der Waals surface area contributed by atoms with E-state index in [4.69, 9.17) is 0 Å². The van der Waals surface area contributed by atoms with Crippen molar-refractivity contribution in [2.75, 3.05) is 0 Å². The Bertz CT molecular complexity index is 716. The van der Waals surface area contributed by atoms with Crippen molar-refractivity contribution in [2.45, 2.75) is 98.5 Å².